The van der Waals surface area contributed by atoms with Gasteiger partial charge >= 0.3 is 6.18 Å². The minimum atomic E-state index is -4.41. The number of carbonyl (C=O) groups excluding carboxylic acids is 1. The number of aryl methyl sites for hydroxylation is 1. The van der Waals surface area contributed by atoms with Gasteiger partial charge in [-0.1, -0.05) is 6.07 Å². The summed E-state index contributed by atoms with van der Waals surface area (Å²) in [5.74, 6) is -0.380. The average Bonchev–Trinajstić information content (AvgIpc) is 2.20. The van der Waals surface area contributed by atoms with E-state index in [0.29, 0.717) is 5.56 Å². The molecule has 1 aromatic carbocycles. The molecule has 0 aliphatic heterocycles. The SMILES string of the molecule is CNCC(=O)Nc1cc(C(F)(F)F)ccc1C. The number of benzene rings is 1. The van der Waals surface area contributed by atoms with Crippen LogP contribution in [0.4, 0.5) is 18.9 Å². The van der Waals surface area contributed by atoms with Crippen molar-refractivity contribution in [1.29, 1.82) is 0 Å². The first-order valence-corrected chi connectivity index (χ1v) is 4.97. The first kappa shape index (κ1) is 13.5. The highest BCUT2D eigenvalue weighted by atomic mass is 19.4. The summed E-state index contributed by atoms with van der Waals surface area (Å²) in [6.45, 7) is 1.69. The standard InChI is InChI=1S/C11H13F3N2O/c1-7-3-4-8(11(12,13)14)5-9(7)16-10(17)6-15-2/h3-5,15H,6H2,1-2H3,(H,16,17). The van der Waals surface area contributed by atoms with E-state index < -0.39 is 11.7 Å². The highest BCUT2D eigenvalue weighted by molar-refractivity contribution is 5.93. The molecule has 0 saturated carbocycles. The van der Waals surface area contributed by atoms with Crippen molar-refractivity contribution in [2.45, 2.75) is 13.1 Å². The summed E-state index contributed by atoms with van der Waals surface area (Å²) in [6.07, 6.45) is -4.41. The molecule has 1 rings (SSSR count). The Morgan fingerprint density at radius 2 is 2.00 bits per heavy atom. The van der Waals surface area contributed by atoms with Crippen LogP contribution >= 0.6 is 0 Å². The molecule has 3 nitrogen and oxygen atoms in total. The number of anilines is 1. The van der Waals surface area contributed by atoms with Gasteiger partial charge in [0.25, 0.3) is 0 Å². The molecule has 0 unspecified atom stereocenters. The normalized spacial score (nSPS) is 11.4. The van der Waals surface area contributed by atoms with Gasteiger partial charge in [-0.3, -0.25) is 4.79 Å². The van der Waals surface area contributed by atoms with E-state index in [1.165, 1.54) is 6.07 Å². The van der Waals surface area contributed by atoms with Crippen molar-refractivity contribution < 1.29 is 18.0 Å². The molecule has 0 saturated heterocycles. The zero-order chi connectivity index (χ0) is 13.1. The topological polar surface area (TPSA) is 41.1 Å². The van der Waals surface area contributed by atoms with Crippen LogP contribution in [0.1, 0.15) is 11.1 Å². The molecule has 0 aliphatic rings. The molecule has 17 heavy (non-hydrogen) atoms. The van der Waals surface area contributed by atoms with Crippen LogP contribution < -0.4 is 10.6 Å². The fourth-order valence-electron chi connectivity index (χ4n) is 1.29. The summed E-state index contributed by atoms with van der Waals surface area (Å²) in [5, 5.41) is 5.04. The lowest BCUT2D eigenvalue weighted by Gasteiger charge is -2.12. The highest BCUT2D eigenvalue weighted by Gasteiger charge is 2.30. The molecule has 94 valence electrons. The lowest BCUT2D eigenvalue weighted by Crippen LogP contribution is -2.25. The number of alkyl halides is 3. The average molecular weight is 246 g/mol. The fourth-order valence-corrected chi connectivity index (χ4v) is 1.29. The van der Waals surface area contributed by atoms with Crippen LogP contribution in [0.5, 0.6) is 0 Å². The van der Waals surface area contributed by atoms with E-state index in [1.807, 2.05) is 0 Å². The summed E-state index contributed by atoms with van der Waals surface area (Å²) in [5.41, 5.74) is -0.00890. The van der Waals surface area contributed by atoms with Gasteiger partial charge in [-0.25, -0.2) is 0 Å². The Bertz CT molecular complexity index is 416. The first-order valence-electron chi connectivity index (χ1n) is 4.97. The molecule has 1 amide bonds. The molecule has 0 atom stereocenters. The molecule has 0 fully saturated rings. The van der Waals surface area contributed by atoms with Crippen molar-refractivity contribution in [3.63, 3.8) is 0 Å². The number of amides is 1. The molecule has 6 heteroatoms. The van der Waals surface area contributed by atoms with Gasteiger partial charge < -0.3 is 10.6 Å². The smallest absolute Gasteiger partial charge is 0.325 e. The van der Waals surface area contributed by atoms with Crippen LogP contribution in [-0.4, -0.2) is 19.5 Å². The molecule has 0 spiro atoms. The van der Waals surface area contributed by atoms with Gasteiger partial charge in [0, 0.05) is 5.69 Å². The van der Waals surface area contributed by atoms with Gasteiger partial charge in [-0.15, -0.1) is 0 Å². The Hall–Kier alpha value is -1.56. The van der Waals surface area contributed by atoms with Gasteiger partial charge in [0.15, 0.2) is 0 Å². The maximum atomic E-state index is 12.5. The largest absolute Gasteiger partial charge is 0.416 e. The van der Waals surface area contributed by atoms with Crippen LogP contribution in [0.3, 0.4) is 0 Å². The monoisotopic (exact) mass is 246 g/mol. The minimum Gasteiger partial charge on any atom is -0.325 e. The number of carbonyl (C=O) groups is 1. The number of rotatable bonds is 3. The summed E-state index contributed by atoms with van der Waals surface area (Å²) < 4.78 is 37.4. The molecular formula is C11H13F3N2O. The van der Waals surface area contributed by atoms with Gasteiger partial charge in [-0.2, -0.15) is 13.2 Å². The van der Waals surface area contributed by atoms with Crippen molar-refractivity contribution >= 4 is 11.6 Å². The summed E-state index contributed by atoms with van der Waals surface area (Å²) in [7, 11) is 1.58. The van der Waals surface area contributed by atoms with E-state index in [4.69, 9.17) is 0 Å². The van der Waals surface area contributed by atoms with Gasteiger partial charge in [0.05, 0.1) is 12.1 Å². The number of hydrogen-bond donors (Lipinski definition) is 2. The van der Waals surface area contributed by atoms with E-state index in [-0.39, 0.29) is 18.1 Å². The predicted molar refractivity (Wildman–Crippen MR) is 58.7 cm³/mol. The Labute approximate surface area is 97.0 Å². The van der Waals surface area contributed by atoms with Crippen molar-refractivity contribution in [2.24, 2.45) is 0 Å². The lowest BCUT2D eigenvalue weighted by molar-refractivity contribution is -0.137. The van der Waals surface area contributed by atoms with Crippen LogP contribution in [0.2, 0.25) is 0 Å². The third-order valence-corrected chi connectivity index (χ3v) is 2.18. The van der Waals surface area contributed by atoms with Gasteiger partial charge in [0.2, 0.25) is 5.91 Å². The summed E-state index contributed by atoms with van der Waals surface area (Å²) in [6, 6.07) is 3.25. The third kappa shape index (κ3) is 3.74. The second-order valence-electron chi connectivity index (χ2n) is 3.61. The summed E-state index contributed by atoms with van der Waals surface area (Å²) >= 11 is 0. The Kier molecular flexibility index (Phi) is 4.11. The van der Waals surface area contributed by atoms with Gasteiger partial charge in [0.1, 0.15) is 0 Å². The van der Waals surface area contributed by atoms with Crippen LogP contribution in [0.15, 0.2) is 18.2 Å². The van der Waals surface area contributed by atoms with Crippen LogP contribution in [-0.2, 0) is 11.0 Å². The Morgan fingerprint density at radius 3 is 2.53 bits per heavy atom. The van der Waals surface area contributed by atoms with E-state index in [1.54, 1.807) is 14.0 Å². The Balaban J connectivity index is 2.95. The van der Waals surface area contributed by atoms with E-state index in [2.05, 4.69) is 10.6 Å². The molecule has 1 aromatic rings. The minimum absolute atomic E-state index is 0.0513. The molecule has 0 aromatic heterocycles. The zero-order valence-electron chi connectivity index (χ0n) is 9.48. The van der Waals surface area contributed by atoms with Crippen molar-refractivity contribution in [2.75, 3.05) is 18.9 Å². The molecule has 0 bridgehead atoms. The van der Waals surface area contributed by atoms with Crippen LogP contribution in [0.25, 0.3) is 0 Å². The highest BCUT2D eigenvalue weighted by Crippen LogP contribution is 2.31. The number of halogens is 3. The van der Waals surface area contributed by atoms with Gasteiger partial charge in [-0.05, 0) is 31.7 Å². The molecule has 0 heterocycles. The fraction of sp³-hybridized carbons (Fsp3) is 0.364. The van der Waals surface area contributed by atoms with Crippen molar-refractivity contribution in [3.05, 3.63) is 29.3 Å². The number of nitrogens with one attached hydrogen (secondary N) is 2. The second-order valence-corrected chi connectivity index (χ2v) is 3.61. The quantitative estimate of drug-likeness (QED) is 0.858. The lowest BCUT2D eigenvalue weighted by atomic mass is 10.1. The molecular weight excluding hydrogens is 233 g/mol. The number of likely N-dealkylation sites (N-methyl/N-ethyl adjacent to an activating group) is 1. The van der Waals surface area contributed by atoms with Crippen molar-refractivity contribution in [3.8, 4) is 0 Å². The molecule has 0 radical (unpaired) electrons. The van der Waals surface area contributed by atoms with E-state index in [9.17, 15) is 18.0 Å². The summed E-state index contributed by atoms with van der Waals surface area (Å²) in [4.78, 5) is 11.3. The van der Waals surface area contributed by atoms with E-state index >= 15 is 0 Å². The second kappa shape index (κ2) is 5.18. The molecule has 2 N–H and O–H groups in total. The zero-order valence-corrected chi connectivity index (χ0v) is 9.48. The molecule has 0 aliphatic carbocycles. The first-order chi connectivity index (χ1) is 7.84. The maximum Gasteiger partial charge on any atom is 0.416 e. The van der Waals surface area contributed by atoms with Crippen molar-refractivity contribution in [1.82, 2.24) is 5.32 Å². The Morgan fingerprint density at radius 1 is 1.35 bits per heavy atom. The predicted octanol–water partition coefficient (Wildman–Crippen LogP) is 2.17. The van der Waals surface area contributed by atoms with Crippen LogP contribution in [0, 0.1) is 6.92 Å². The van der Waals surface area contributed by atoms with E-state index in [0.717, 1.165) is 12.1 Å². The third-order valence-electron chi connectivity index (χ3n) is 2.18. The number of hydrogen-bond acceptors (Lipinski definition) is 2. The maximum absolute atomic E-state index is 12.5.